The summed E-state index contributed by atoms with van der Waals surface area (Å²) in [5, 5.41) is 0. The van der Waals surface area contributed by atoms with Crippen LogP contribution in [0.25, 0.3) is 0 Å². The highest BCUT2D eigenvalue weighted by Gasteiger charge is 2.62. The van der Waals surface area contributed by atoms with E-state index in [-0.39, 0.29) is 111 Å². The van der Waals surface area contributed by atoms with E-state index in [4.69, 9.17) is 0 Å². The average Bonchev–Trinajstić information content (AvgIpc) is 0.767. The molecule has 0 aromatic carbocycles. The van der Waals surface area contributed by atoms with E-state index >= 15 is 0 Å². The van der Waals surface area contributed by atoms with Gasteiger partial charge in [0.15, 0.2) is 0 Å². The van der Waals surface area contributed by atoms with E-state index in [0.29, 0.717) is 77.0 Å². The SMILES string of the molecule is CC(C)C(C)(C(C)C)C(F)(F)F.CCC(C)(CC)[C@](C)(CC)C(F)(F)F.CCC(CC)[C@](C)(CC)C(F)(F)F.CCC[C@@](C)(C(C(C)C)C(C)C)C(F)(F)F.CCC[C@@](C)(C(CC)CC)C(F)(F)F.CCC[C@](C)(C(F)(F)F)C(C)(CC)CC.CCC[C@](C)(CC)C(F)(F)F.CC[C@@](C)(C(C(C)C)C(C)C)C(F)(F)F. The van der Waals surface area contributed by atoms with Gasteiger partial charge in [0.05, 0.1) is 43.3 Å². The predicted octanol–water partition coefficient (Wildman–Crippen LogP) is 37.0. The molecule has 24 heteroatoms. The van der Waals surface area contributed by atoms with Gasteiger partial charge in [-0.3, -0.25) is 0 Å². The Morgan fingerprint density at radius 2 is 0.427 bits per heavy atom. The van der Waals surface area contributed by atoms with Crippen molar-refractivity contribution >= 4 is 0 Å². The molecular formula is C86H164F24. The standard InChI is InChI=1S/C13H25F3.2C12H23F3.2C11H21F3.C10H19F3.C9H17F3.C8H15F3/c1-7-8-12(6,13(14,15)16)11(9(2)3)10(4)5;1-7-11(6,12(13,14)15)10(8(2)3)9(4)5;1-6-9-11(5,12(13,14)15)10(4,7-2)8-3;1-6-9(4,7-2)10(5,8-3)11(12,13)14;1-5-8-10(4,11(12,13)14)9(6-2)7-3;1-5-8(6-2)9(4,7-3)10(11,12)13;1-6(2)8(5,7(3)4)9(10,11)12;1-4-6-7(3,5-2)8(9,10)11/h9-11H,7-8H2,1-6H3;8-10H,7H2,1-6H3;6-9H2,1-5H3;6-8H2,1-5H3;9H,5-8H2,1-4H3;8H,5-7H2,1-4H3;6-7H,1-5H3;4-6H2,1-3H3/t12-;2*11-;2*10-;9-;;7-/m000000.0/s1. The summed E-state index contributed by atoms with van der Waals surface area (Å²) in [5.74, 6) is -1.67. The van der Waals surface area contributed by atoms with Gasteiger partial charge in [-0.05, 0) is 147 Å². The second-order valence-electron chi connectivity index (χ2n) is 35.5. The predicted molar refractivity (Wildman–Crippen MR) is 416 cm³/mol. The Morgan fingerprint density at radius 3 is 0.545 bits per heavy atom. The molecule has 0 amide bonds. The monoisotopic (exact) mass is 1650 g/mol. The molecule has 0 saturated heterocycles. The van der Waals surface area contributed by atoms with Crippen molar-refractivity contribution in [2.24, 2.45) is 113 Å². The van der Waals surface area contributed by atoms with Crippen LogP contribution in [0.5, 0.6) is 0 Å². The summed E-state index contributed by atoms with van der Waals surface area (Å²) in [6, 6.07) is 0. The Bertz CT molecular complexity index is 2260. The minimum Gasteiger partial charge on any atom is -0.171 e. The van der Waals surface area contributed by atoms with Crippen LogP contribution in [0, 0.1) is 113 Å². The Balaban J connectivity index is -0.000000181. The third kappa shape index (κ3) is 33.3. The molecule has 7 atom stereocenters. The Labute approximate surface area is 657 Å². The molecular weight excluding hydrogens is 1490 g/mol. The van der Waals surface area contributed by atoms with Crippen molar-refractivity contribution in [3.05, 3.63) is 0 Å². The van der Waals surface area contributed by atoms with Gasteiger partial charge < -0.3 is 0 Å². The van der Waals surface area contributed by atoms with Crippen molar-refractivity contribution in [3.63, 3.8) is 0 Å². The first-order valence-electron chi connectivity index (χ1n) is 41.2. The van der Waals surface area contributed by atoms with Gasteiger partial charge in [-0.2, -0.15) is 105 Å². The number of alkyl halides is 24. The van der Waals surface area contributed by atoms with E-state index in [9.17, 15) is 105 Å². The third-order valence-electron chi connectivity index (χ3n) is 27.5. The third-order valence-corrected chi connectivity index (χ3v) is 27.5. The maximum atomic E-state index is 13.3. The van der Waals surface area contributed by atoms with Crippen LogP contribution < -0.4 is 0 Å². The highest BCUT2D eigenvalue weighted by atomic mass is 19.4. The molecule has 0 spiro atoms. The molecule has 676 valence electrons. The molecule has 0 aliphatic carbocycles. The minimum absolute atomic E-state index is 0.0524. The van der Waals surface area contributed by atoms with Gasteiger partial charge in [0, 0.05) is 0 Å². The molecule has 0 aliphatic rings. The van der Waals surface area contributed by atoms with Crippen molar-refractivity contribution in [2.75, 3.05) is 0 Å². The van der Waals surface area contributed by atoms with E-state index in [1.165, 1.54) is 55.4 Å². The first kappa shape index (κ1) is 124. The van der Waals surface area contributed by atoms with E-state index in [1.54, 1.807) is 76.2 Å². The average molecular weight is 1650 g/mol. The van der Waals surface area contributed by atoms with Crippen molar-refractivity contribution < 1.29 is 105 Å². The van der Waals surface area contributed by atoms with Gasteiger partial charge in [0.2, 0.25) is 0 Å². The second kappa shape index (κ2) is 49.6. The lowest BCUT2D eigenvalue weighted by Gasteiger charge is -2.47. The fourth-order valence-electron chi connectivity index (χ4n) is 17.0. The molecule has 0 saturated carbocycles. The summed E-state index contributed by atoms with van der Waals surface area (Å²) < 4.78 is 309. The molecule has 0 N–H and O–H groups in total. The number of hydrogen-bond acceptors (Lipinski definition) is 0. The molecule has 0 unspecified atom stereocenters. The van der Waals surface area contributed by atoms with Crippen LogP contribution in [0.2, 0.25) is 0 Å². The van der Waals surface area contributed by atoms with Crippen molar-refractivity contribution in [3.8, 4) is 0 Å². The van der Waals surface area contributed by atoms with Crippen LogP contribution in [0.15, 0.2) is 0 Å². The molecule has 0 radical (unpaired) electrons. The largest absolute Gasteiger partial charge is 0.394 e. The highest BCUT2D eigenvalue weighted by Crippen LogP contribution is 2.60. The summed E-state index contributed by atoms with van der Waals surface area (Å²) in [6.07, 6.45) is -24.2. The Kier molecular flexibility index (Phi) is 55.9. The number of hydrogen-bond donors (Lipinski definition) is 0. The van der Waals surface area contributed by atoms with Gasteiger partial charge in [-0.1, -0.05) is 314 Å². The Hall–Kier alpha value is -1.68. The molecule has 0 aromatic rings. The Morgan fingerprint density at radius 1 is 0.200 bits per heavy atom. The van der Waals surface area contributed by atoms with Gasteiger partial charge in [-0.25, -0.2) is 0 Å². The first-order valence-corrected chi connectivity index (χ1v) is 41.2. The van der Waals surface area contributed by atoms with Crippen LogP contribution in [0.4, 0.5) is 105 Å². The van der Waals surface area contributed by atoms with Gasteiger partial charge in [-0.15, -0.1) is 0 Å². The van der Waals surface area contributed by atoms with Crippen molar-refractivity contribution in [2.45, 2.75) is 441 Å². The summed E-state index contributed by atoms with van der Waals surface area (Å²) in [4.78, 5) is 0. The van der Waals surface area contributed by atoms with Gasteiger partial charge >= 0.3 is 49.4 Å². The fourth-order valence-corrected chi connectivity index (χ4v) is 17.0. The molecule has 110 heavy (non-hydrogen) atoms. The zero-order chi connectivity index (χ0) is 90.9. The smallest absolute Gasteiger partial charge is 0.171 e. The van der Waals surface area contributed by atoms with E-state index in [0.717, 1.165) is 0 Å². The molecule has 0 heterocycles. The normalized spacial score (nSPS) is 17.2. The van der Waals surface area contributed by atoms with E-state index < -0.39 is 104 Å². The lowest BCUT2D eigenvalue weighted by Crippen LogP contribution is -2.48. The maximum absolute atomic E-state index is 13.3. The summed E-state index contributed by atoms with van der Waals surface area (Å²) in [5.41, 5.74) is -13.6. The van der Waals surface area contributed by atoms with Crippen LogP contribution in [0.1, 0.15) is 392 Å². The molecule has 0 nitrogen and oxygen atoms in total. The van der Waals surface area contributed by atoms with Crippen molar-refractivity contribution in [1.29, 1.82) is 0 Å². The molecule has 0 fully saturated rings. The molecule has 0 rings (SSSR count). The van der Waals surface area contributed by atoms with Gasteiger partial charge in [0.1, 0.15) is 0 Å². The minimum atomic E-state index is -4.11. The van der Waals surface area contributed by atoms with E-state index in [1.807, 2.05) is 132 Å². The highest BCUT2D eigenvalue weighted by molar-refractivity contribution is 4.98. The maximum Gasteiger partial charge on any atom is 0.394 e. The first-order chi connectivity index (χ1) is 48.7. The van der Waals surface area contributed by atoms with Crippen LogP contribution in [0.3, 0.4) is 0 Å². The lowest BCUT2D eigenvalue weighted by molar-refractivity contribution is -0.261. The number of halogens is 24. The van der Waals surface area contributed by atoms with Crippen LogP contribution >= 0.6 is 0 Å². The molecule has 0 aromatic heterocycles. The van der Waals surface area contributed by atoms with Crippen LogP contribution in [-0.2, 0) is 0 Å². The zero-order valence-corrected chi connectivity index (χ0v) is 76.0. The summed E-state index contributed by atoms with van der Waals surface area (Å²) >= 11 is 0. The summed E-state index contributed by atoms with van der Waals surface area (Å²) in [7, 11) is 0. The summed E-state index contributed by atoms with van der Waals surface area (Å²) in [6.45, 7) is 64.2. The zero-order valence-electron chi connectivity index (χ0n) is 76.0. The topological polar surface area (TPSA) is 0 Å². The molecule has 0 aliphatic heterocycles. The van der Waals surface area contributed by atoms with Gasteiger partial charge in [0.25, 0.3) is 0 Å². The quantitative estimate of drug-likeness (QED) is 0.0589. The lowest BCUT2D eigenvalue weighted by atomic mass is 9.60. The van der Waals surface area contributed by atoms with Crippen molar-refractivity contribution in [1.82, 2.24) is 0 Å². The van der Waals surface area contributed by atoms with Crippen LogP contribution in [-0.4, -0.2) is 49.4 Å². The van der Waals surface area contributed by atoms with E-state index in [2.05, 4.69) is 0 Å². The second-order valence-corrected chi connectivity index (χ2v) is 35.5. The molecule has 0 bridgehead atoms. The number of rotatable bonds is 32. The fraction of sp³-hybridized carbons (Fsp3) is 1.00.